The van der Waals surface area contributed by atoms with Gasteiger partial charge in [-0.1, -0.05) is 62.8 Å². The van der Waals surface area contributed by atoms with Crippen LogP contribution in [0.1, 0.15) is 78.0 Å². The highest BCUT2D eigenvalue weighted by Gasteiger charge is 2.44. The Kier molecular flexibility index (Phi) is 13.8. The summed E-state index contributed by atoms with van der Waals surface area (Å²) in [6, 6.07) is 6.23. The summed E-state index contributed by atoms with van der Waals surface area (Å²) in [6.07, 6.45) is 3.78. The van der Waals surface area contributed by atoms with E-state index in [1.54, 1.807) is 21.0 Å². The number of nitrogens with one attached hydrogen (secondary N) is 2. The van der Waals surface area contributed by atoms with Crippen LogP contribution in [0.2, 0.25) is 0 Å². The van der Waals surface area contributed by atoms with Crippen molar-refractivity contribution >= 4 is 17.9 Å². The zero-order chi connectivity index (χ0) is 36.0. The fourth-order valence-corrected chi connectivity index (χ4v) is 6.70. The van der Waals surface area contributed by atoms with E-state index in [0.717, 1.165) is 34.3 Å². The number of allylic oxidation sites excluding steroid dienone is 2. The van der Waals surface area contributed by atoms with Crippen molar-refractivity contribution in [1.82, 2.24) is 10.6 Å². The monoisotopic (exact) mass is 669 g/mol. The summed E-state index contributed by atoms with van der Waals surface area (Å²) in [5, 5.41) is 37.0. The molecule has 2 aliphatic rings. The molecule has 1 fully saturated rings. The van der Waals surface area contributed by atoms with E-state index in [9.17, 15) is 24.9 Å². The first kappa shape index (κ1) is 39.6. The molecule has 1 aliphatic carbocycles. The van der Waals surface area contributed by atoms with Crippen molar-refractivity contribution in [3.63, 3.8) is 0 Å². The van der Waals surface area contributed by atoms with Crippen LogP contribution in [0.4, 0.5) is 0 Å². The lowest BCUT2D eigenvalue weighted by atomic mass is 9.72. The minimum atomic E-state index is -1.13. The van der Waals surface area contributed by atoms with Crippen LogP contribution >= 0.6 is 0 Å². The smallest absolute Gasteiger partial charge is 0.245 e. The van der Waals surface area contributed by atoms with Gasteiger partial charge in [-0.3, -0.25) is 9.59 Å². The zero-order valence-electron chi connectivity index (χ0n) is 30.3. The number of aliphatic hydroxyl groups excluding tert-OH is 3. The number of rotatable bonds is 14. The summed E-state index contributed by atoms with van der Waals surface area (Å²) in [4.78, 5) is 25.7. The Balaban J connectivity index is 1.90. The SMILES string of the molecule is CCC(C)C1=C(Cc2ccc(/C=C/C(C)(C)C(=O)NC(C)(C)C(=O)NCCN)cc2C)C=C([C@@H]2O[C@H](CO)C[C@H](O)[C@H]2O)C(OC)C1C. The topological polar surface area (TPSA) is 163 Å². The maximum atomic E-state index is 13.2. The van der Waals surface area contributed by atoms with E-state index in [0.29, 0.717) is 25.4 Å². The Labute approximate surface area is 286 Å². The molecule has 1 aromatic carbocycles. The number of methoxy groups -OCH3 is 1. The Morgan fingerprint density at radius 3 is 2.46 bits per heavy atom. The number of aliphatic hydroxyl groups is 3. The molecule has 2 amide bonds. The second-order valence-corrected chi connectivity index (χ2v) is 14.6. The van der Waals surface area contributed by atoms with Crippen LogP contribution in [0, 0.1) is 24.2 Å². The predicted molar refractivity (Wildman–Crippen MR) is 189 cm³/mol. The van der Waals surface area contributed by atoms with Gasteiger partial charge in [-0.2, -0.15) is 0 Å². The fraction of sp³-hybridized carbons (Fsp3) is 0.632. The molecule has 7 atom stereocenters. The third kappa shape index (κ3) is 9.22. The summed E-state index contributed by atoms with van der Waals surface area (Å²) >= 11 is 0. The normalized spacial score (nSPS) is 26.0. The van der Waals surface area contributed by atoms with Crippen LogP contribution < -0.4 is 16.4 Å². The number of hydrogen-bond acceptors (Lipinski definition) is 8. The number of nitrogens with two attached hydrogens (primary N) is 1. The number of ether oxygens (including phenoxy) is 2. The van der Waals surface area contributed by atoms with E-state index >= 15 is 0 Å². The molecular formula is C38H59N3O7. The lowest BCUT2D eigenvalue weighted by molar-refractivity contribution is -0.169. The van der Waals surface area contributed by atoms with Gasteiger partial charge in [-0.15, -0.1) is 0 Å². The standard InChI is InChI=1S/C38H59N3O7/c1-10-22(2)31-24(4)33(47-9)29(34-32(44)30(43)20-28(21-42)48-34)19-27(31)18-26-12-11-25(17-23(26)3)13-14-37(5,6)35(45)41-38(7,8)36(46)40-16-15-39/h11-14,17,19,22,24,28,30,32-34,42-44H,10,15-16,18,20-21,39H2,1-9H3,(H,40,46)(H,41,45)/b14-13+/t22?,24?,28-,30-,32+,33?,34-/m0/s1. The molecule has 1 aromatic rings. The van der Waals surface area contributed by atoms with E-state index in [4.69, 9.17) is 15.2 Å². The average Bonchev–Trinajstić information content (AvgIpc) is 3.04. The number of hydrogen-bond donors (Lipinski definition) is 6. The Morgan fingerprint density at radius 1 is 1.19 bits per heavy atom. The van der Waals surface area contributed by atoms with E-state index in [1.165, 1.54) is 5.57 Å². The van der Waals surface area contributed by atoms with Gasteiger partial charge < -0.3 is 41.2 Å². The molecule has 0 spiro atoms. The van der Waals surface area contributed by atoms with Gasteiger partial charge >= 0.3 is 0 Å². The lowest BCUT2D eigenvalue weighted by Gasteiger charge is -2.43. The van der Waals surface area contributed by atoms with E-state index in [1.807, 2.05) is 32.1 Å². The maximum absolute atomic E-state index is 13.2. The molecule has 1 saturated heterocycles. The van der Waals surface area contributed by atoms with Crippen molar-refractivity contribution in [1.29, 1.82) is 0 Å². The lowest BCUT2D eigenvalue weighted by Crippen LogP contribution is -2.57. The Bertz CT molecular complexity index is 1380. The van der Waals surface area contributed by atoms with Crippen molar-refractivity contribution in [2.75, 3.05) is 26.8 Å². The van der Waals surface area contributed by atoms with Gasteiger partial charge in [-0.25, -0.2) is 0 Å². The van der Waals surface area contributed by atoms with Gasteiger partial charge in [0, 0.05) is 32.5 Å². The predicted octanol–water partition coefficient (Wildman–Crippen LogP) is 3.35. The van der Waals surface area contributed by atoms with E-state index in [2.05, 4.69) is 56.5 Å². The average molecular weight is 670 g/mol. The molecule has 0 bridgehead atoms. The number of carbonyl (C=O) groups is 2. The van der Waals surface area contributed by atoms with Crippen LogP contribution in [0.5, 0.6) is 0 Å². The molecule has 268 valence electrons. The second kappa shape index (κ2) is 16.7. The van der Waals surface area contributed by atoms with Gasteiger partial charge in [0.2, 0.25) is 11.8 Å². The molecule has 0 radical (unpaired) electrons. The summed E-state index contributed by atoms with van der Waals surface area (Å²) in [7, 11) is 1.66. The molecule has 48 heavy (non-hydrogen) atoms. The van der Waals surface area contributed by atoms with E-state index < -0.39 is 35.4 Å². The highest BCUT2D eigenvalue weighted by atomic mass is 16.5. The zero-order valence-corrected chi connectivity index (χ0v) is 30.3. The highest BCUT2D eigenvalue weighted by molar-refractivity contribution is 5.93. The Hall–Kier alpha value is -2.86. The molecule has 1 heterocycles. The van der Waals surface area contributed by atoms with Crippen LogP contribution in [-0.4, -0.2) is 90.0 Å². The minimum absolute atomic E-state index is 0.00926. The molecule has 7 N–H and O–H groups in total. The first-order valence-electron chi connectivity index (χ1n) is 17.2. The van der Waals surface area contributed by atoms with Gasteiger partial charge in [0.15, 0.2) is 0 Å². The molecule has 0 saturated carbocycles. The first-order valence-corrected chi connectivity index (χ1v) is 17.2. The van der Waals surface area contributed by atoms with Gasteiger partial charge in [0.05, 0.1) is 30.3 Å². The fourth-order valence-electron chi connectivity index (χ4n) is 6.70. The van der Waals surface area contributed by atoms with Crippen LogP contribution in [0.3, 0.4) is 0 Å². The third-order valence-electron chi connectivity index (χ3n) is 9.91. The number of carbonyl (C=O) groups excluding carboxylic acids is 2. The number of amides is 2. The number of benzene rings is 1. The van der Waals surface area contributed by atoms with Crippen LogP contribution in [0.25, 0.3) is 6.08 Å². The first-order chi connectivity index (χ1) is 22.5. The summed E-state index contributed by atoms with van der Waals surface area (Å²) in [5.74, 6) is -0.251. The summed E-state index contributed by atoms with van der Waals surface area (Å²) < 4.78 is 12.1. The van der Waals surface area contributed by atoms with Crippen LogP contribution in [0.15, 0.2) is 47.1 Å². The van der Waals surface area contributed by atoms with Crippen molar-refractivity contribution in [3.05, 3.63) is 63.8 Å². The summed E-state index contributed by atoms with van der Waals surface area (Å²) in [5.41, 5.74) is 9.92. The Morgan fingerprint density at radius 2 is 1.88 bits per heavy atom. The molecule has 0 aromatic heterocycles. The molecular weight excluding hydrogens is 610 g/mol. The number of aryl methyl sites for hydroxylation is 1. The van der Waals surface area contributed by atoms with Crippen molar-refractivity contribution in [2.24, 2.45) is 23.0 Å². The maximum Gasteiger partial charge on any atom is 0.245 e. The molecule has 1 aliphatic heterocycles. The van der Waals surface area contributed by atoms with Crippen molar-refractivity contribution in [3.8, 4) is 0 Å². The second-order valence-electron chi connectivity index (χ2n) is 14.6. The minimum Gasteiger partial charge on any atom is -0.394 e. The van der Waals surface area contributed by atoms with Crippen LogP contribution in [-0.2, 0) is 25.5 Å². The molecule has 10 heteroatoms. The molecule has 10 nitrogen and oxygen atoms in total. The largest absolute Gasteiger partial charge is 0.394 e. The third-order valence-corrected chi connectivity index (χ3v) is 9.91. The summed E-state index contributed by atoms with van der Waals surface area (Å²) in [6.45, 7) is 16.0. The van der Waals surface area contributed by atoms with Gasteiger partial charge in [-0.05, 0) is 81.2 Å². The van der Waals surface area contributed by atoms with Gasteiger partial charge in [0.25, 0.3) is 0 Å². The van der Waals surface area contributed by atoms with Crippen molar-refractivity contribution < 1.29 is 34.4 Å². The quantitative estimate of drug-likeness (QED) is 0.176. The highest BCUT2D eigenvalue weighted by Crippen LogP contribution is 2.42. The molecule has 3 rings (SSSR count). The van der Waals surface area contributed by atoms with E-state index in [-0.39, 0.29) is 36.9 Å². The van der Waals surface area contributed by atoms with Crippen molar-refractivity contribution in [2.45, 2.75) is 111 Å². The van der Waals surface area contributed by atoms with Gasteiger partial charge in [0.1, 0.15) is 17.7 Å². The molecule has 3 unspecified atom stereocenters.